The van der Waals surface area contributed by atoms with Crippen LogP contribution < -0.4 is 5.32 Å². The Balaban J connectivity index is 1.70. The molecule has 22 heavy (non-hydrogen) atoms. The molecule has 3 heteroatoms. The molecule has 0 saturated heterocycles. The van der Waals surface area contributed by atoms with Gasteiger partial charge in [-0.25, -0.2) is 0 Å². The van der Waals surface area contributed by atoms with E-state index in [0.29, 0.717) is 5.92 Å². The highest BCUT2D eigenvalue weighted by Crippen LogP contribution is 2.37. The van der Waals surface area contributed by atoms with Crippen molar-refractivity contribution in [1.82, 2.24) is 5.32 Å². The van der Waals surface area contributed by atoms with Gasteiger partial charge in [-0.3, -0.25) is 4.79 Å². The SMILES string of the molecule is CC1(C(=O)NC2CCC(CO)CC2)CCCc2ccccc21. The molecule has 1 saturated carbocycles. The number of fused-ring (bicyclic) bond motifs is 1. The van der Waals surface area contributed by atoms with Crippen LogP contribution in [0.2, 0.25) is 0 Å². The summed E-state index contributed by atoms with van der Waals surface area (Å²) in [5, 5.41) is 12.5. The van der Waals surface area contributed by atoms with Crippen molar-refractivity contribution in [3.63, 3.8) is 0 Å². The second-order valence-electron chi connectivity index (χ2n) is 7.22. The lowest BCUT2D eigenvalue weighted by Gasteiger charge is -2.37. The Hall–Kier alpha value is -1.35. The lowest BCUT2D eigenvalue weighted by Crippen LogP contribution is -2.49. The normalized spacial score (nSPS) is 31.4. The average molecular weight is 301 g/mol. The molecule has 1 aromatic rings. The Bertz CT molecular complexity index is 534. The molecule has 1 unspecified atom stereocenters. The van der Waals surface area contributed by atoms with Gasteiger partial charge < -0.3 is 10.4 Å². The Labute approximate surface area is 133 Å². The van der Waals surface area contributed by atoms with Crippen LogP contribution in [0.1, 0.15) is 56.6 Å². The molecule has 3 rings (SSSR count). The summed E-state index contributed by atoms with van der Waals surface area (Å²) in [7, 11) is 0. The molecule has 120 valence electrons. The quantitative estimate of drug-likeness (QED) is 0.902. The maximum Gasteiger partial charge on any atom is 0.230 e. The molecule has 1 atom stereocenters. The van der Waals surface area contributed by atoms with Crippen molar-refractivity contribution in [2.24, 2.45) is 5.92 Å². The minimum atomic E-state index is -0.386. The third kappa shape index (κ3) is 2.91. The molecule has 0 spiro atoms. The minimum absolute atomic E-state index is 0.187. The molecule has 0 bridgehead atoms. The molecular weight excluding hydrogens is 274 g/mol. The highest BCUT2D eigenvalue weighted by atomic mass is 16.3. The number of aryl methyl sites for hydroxylation is 1. The van der Waals surface area contributed by atoms with E-state index < -0.39 is 0 Å². The molecule has 3 nitrogen and oxygen atoms in total. The maximum absolute atomic E-state index is 12.9. The van der Waals surface area contributed by atoms with Gasteiger partial charge in [-0.2, -0.15) is 0 Å². The lowest BCUT2D eigenvalue weighted by atomic mass is 9.70. The molecule has 0 aromatic heterocycles. The molecule has 0 radical (unpaired) electrons. The van der Waals surface area contributed by atoms with E-state index in [0.717, 1.165) is 44.9 Å². The molecule has 1 aromatic carbocycles. The summed E-state index contributed by atoms with van der Waals surface area (Å²) >= 11 is 0. The van der Waals surface area contributed by atoms with Crippen molar-refractivity contribution in [2.45, 2.75) is 63.3 Å². The largest absolute Gasteiger partial charge is 0.396 e. The molecule has 2 aliphatic rings. The van der Waals surface area contributed by atoms with E-state index in [-0.39, 0.29) is 24.0 Å². The number of amides is 1. The second kappa shape index (κ2) is 6.41. The Morgan fingerprint density at radius 2 is 2.00 bits per heavy atom. The van der Waals surface area contributed by atoms with E-state index in [1.165, 1.54) is 11.1 Å². The van der Waals surface area contributed by atoms with Gasteiger partial charge in [0.15, 0.2) is 0 Å². The van der Waals surface area contributed by atoms with Crippen LogP contribution in [0.5, 0.6) is 0 Å². The van der Waals surface area contributed by atoms with Gasteiger partial charge in [0.1, 0.15) is 0 Å². The summed E-state index contributed by atoms with van der Waals surface area (Å²) < 4.78 is 0. The van der Waals surface area contributed by atoms with Gasteiger partial charge in [-0.1, -0.05) is 24.3 Å². The minimum Gasteiger partial charge on any atom is -0.396 e. The van der Waals surface area contributed by atoms with Crippen molar-refractivity contribution < 1.29 is 9.90 Å². The van der Waals surface area contributed by atoms with Gasteiger partial charge in [-0.05, 0) is 68.9 Å². The third-order valence-corrected chi connectivity index (χ3v) is 5.68. The highest BCUT2D eigenvalue weighted by molar-refractivity contribution is 5.88. The van der Waals surface area contributed by atoms with Crippen LogP contribution in [0.3, 0.4) is 0 Å². The van der Waals surface area contributed by atoms with Crippen molar-refractivity contribution >= 4 is 5.91 Å². The number of nitrogens with one attached hydrogen (secondary N) is 1. The van der Waals surface area contributed by atoms with Gasteiger partial charge in [0.05, 0.1) is 5.41 Å². The van der Waals surface area contributed by atoms with E-state index in [4.69, 9.17) is 0 Å². The molecular formula is C19H27NO2. The van der Waals surface area contributed by atoms with E-state index in [2.05, 4.69) is 30.4 Å². The summed E-state index contributed by atoms with van der Waals surface area (Å²) in [6.07, 6.45) is 7.13. The lowest BCUT2D eigenvalue weighted by molar-refractivity contribution is -0.127. The molecule has 2 aliphatic carbocycles. The molecule has 1 amide bonds. The van der Waals surface area contributed by atoms with Gasteiger partial charge in [0, 0.05) is 12.6 Å². The first-order chi connectivity index (χ1) is 10.6. The Morgan fingerprint density at radius 3 is 2.73 bits per heavy atom. The predicted octanol–water partition coefficient (Wildman–Crippen LogP) is 2.95. The van der Waals surface area contributed by atoms with Gasteiger partial charge in [0.25, 0.3) is 0 Å². The van der Waals surface area contributed by atoms with E-state index in [9.17, 15) is 9.90 Å². The Morgan fingerprint density at radius 1 is 1.27 bits per heavy atom. The zero-order chi connectivity index (χ0) is 15.6. The van der Waals surface area contributed by atoms with Crippen LogP contribution in [-0.4, -0.2) is 23.7 Å². The van der Waals surface area contributed by atoms with Gasteiger partial charge in [0.2, 0.25) is 5.91 Å². The topological polar surface area (TPSA) is 49.3 Å². The van der Waals surface area contributed by atoms with Crippen LogP contribution in [-0.2, 0) is 16.6 Å². The van der Waals surface area contributed by atoms with Crippen LogP contribution in [0.25, 0.3) is 0 Å². The summed E-state index contributed by atoms with van der Waals surface area (Å²) in [4.78, 5) is 12.9. The fraction of sp³-hybridized carbons (Fsp3) is 0.632. The van der Waals surface area contributed by atoms with Crippen molar-refractivity contribution in [3.05, 3.63) is 35.4 Å². The number of carbonyl (C=O) groups is 1. The van der Waals surface area contributed by atoms with Gasteiger partial charge in [-0.15, -0.1) is 0 Å². The van der Waals surface area contributed by atoms with Crippen LogP contribution in [0, 0.1) is 5.92 Å². The Kier molecular flexibility index (Phi) is 4.53. The van der Waals surface area contributed by atoms with Crippen molar-refractivity contribution in [1.29, 1.82) is 0 Å². The van der Waals surface area contributed by atoms with E-state index >= 15 is 0 Å². The standard InChI is InChI=1S/C19H27NO2/c1-19(12-4-6-15-5-2-3-7-17(15)19)18(22)20-16-10-8-14(13-21)9-11-16/h2-3,5,7,14,16,21H,4,6,8-13H2,1H3,(H,20,22). The third-order valence-electron chi connectivity index (χ3n) is 5.68. The average Bonchev–Trinajstić information content (AvgIpc) is 2.56. The molecule has 0 aliphatic heterocycles. The first-order valence-electron chi connectivity index (χ1n) is 8.63. The van der Waals surface area contributed by atoms with Crippen LogP contribution in [0.4, 0.5) is 0 Å². The number of rotatable bonds is 3. The zero-order valence-corrected chi connectivity index (χ0v) is 13.5. The van der Waals surface area contributed by atoms with E-state index in [1.54, 1.807) is 0 Å². The monoisotopic (exact) mass is 301 g/mol. The number of aliphatic hydroxyl groups excluding tert-OH is 1. The van der Waals surface area contributed by atoms with E-state index in [1.807, 2.05) is 6.07 Å². The maximum atomic E-state index is 12.9. The highest BCUT2D eigenvalue weighted by Gasteiger charge is 2.39. The predicted molar refractivity (Wildman–Crippen MR) is 87.7 cm³/mol. The van der Waals surface area contributed by atoms with Crippen molar-refractivity contribution in [3.8, 4) is 0 Å². The first kappa shape index (κ1) is 15.5. The number of hydrogen-bond donors (Lipinski definition) is 2. The first-order valence-corrected chi connectivity index (χ1v) is 8.63. The molecule has 1 fully saturated rings. The van der Waals surface area contributed by atoms with Crippen LogP contribution >= 0.6 is 0 Å². The number of benzene rings is 1. The smallest absolute Gasteiger partial charge is 0.230 e. The second-order valence-corrected chi connectivity index (χ2v) is 7.22. The fourth-order valence-electron chi connectivity index (χ4n) is 4.11. The molecule has 0 heterocycles. The zero-order valence-electron chi connectivity index (χ0n) is 13.5. The summed E-state index contributed by atoms with van der Waals surface area (Å²) in [6, 6.07) is 8.67. The number of aliphatic hydroxyl groups is 1. The summed E-state index contributed by atoms with van der Waals surface area (Å²) in [6.45, 7) is 2.38. The summed E-state index contributed by atoms with van der Waals surface area (Å²) in [5.74, 6) is 0.617. The van der Waals surface area contributed by atoms with Crippen molar-refractivity contribution in [2.75, 3.05) is 6.61 Å². The number of hydrogen-bond acceptors (Lipinski definition) is 2. The molecule has 2 N–H and O–H groups in total. The van der Waals surface area contributed by atoms with Gasteiger partial charge >= 0.3 is 0 Å². The summed E-state index contributed by atoms with van der Waals surface area (Å²) in [5.41, 5.74) is 2.15. The van der Waals surface area contributed by atoms with Crippen LogP contribution in [0.15, 0.2) is 24.3 Å². The fourth-order valence-corrected chi connectivity index (χ4v) is 4.11. The number of carbonyl (C=O) groups excluding carboxylic acids is 1.